The number of amides is 1. The Morgan fingerprint density at radius 2 is 2.15 bits per heavy atom. The first-order valence-electron chi connectivity index (χ1n) is 8.97. The van der Waals surface area contributed by atoms with Crippen molar-refractivity contribution in [3.63, 3.8) is 0 Å². The van der Waals surface area contributed by atoms with Crippen LogP contribution >= 0.6 is 11.3 Å². The van der Waals surface area contributed by atoms with E-state index >= 15 is 0 Å². The number of ether oxygens (including phenoxy) is 1. The van der Waals surface area contributed by atoms with E-state index in [1.165, 1.54) is 0 Å². The fourth-order valence-electron chi connectivity index (χ4n) is 2.45. The van der Waals surface area contributed by atoms with Crippen molar-refractivity contribution >= 4 is 23.4 Å². The number of carbonyl (C=O) groups excluding carboxylic acids is 1. The monoisotopic (exact) mass is 383 g/mol. The Bertz CT molecular complexity index is 595. The summed E-state index contributed by atoms with van der Waals surface area (Å²) in [5, 5.41) is 9.38. The Morgan fingerprint density at radius 1 is 1.46 bits per heavy atom. The minimum absolute atomic E-state index is 0.0264. The molecule has 0 fully saturated rings. The predicted molar refractivity (Wildman–Crippen MR) is 108 cm³/mol. The van der Waals surface area contributed by atoms with Gasteiger partial charge in [-0.05, 0) is 34.1 Å². The average molecular weight is 384 g/mol. The summed E-state index contributed by atoms with van der Waals surface area (Å²) in [6.07, 6.45) is 1.44. The summed E-state index contributed by atoms with van der Waals surface area (Å²) in [5.74, 6) is 0.766. The SMILES string of the molecule is CCCC(CNC(=NC)N(C)Cc1csc(C)n1)NC(=O)OC(C)(C)C. The molecule has 0 saturated carbocycles. The summed E-state index contributed by atoms with van der Waals surface area (Å²) in [6, 6.07) is -0.0264. The van der Waals surface area contributed by atoms with Crippen molar-refractivity contribution in [2.75, 3.05) is 20.6 Å². The van der Waals surface area contributed by atoms with Gasteiger partial charge in [0.1, 0.15) is 5.60 Å². The van der Waals surface area contributed by atoms with Gasteiger partial charge in [-0.15, -0.1) is 11.3 Å². The minimum Gasteiger partial charge on any atom is -0.444 e. The maximum absolute atomic E-state index is 12.0. The smallest absolute Gasteiger partial charge is 0.407 e. The molecule has 26 heavy (non-hydrogen) atoms. The third kappa shape index (κ3) is 8.51. The highest BCUT2D eigenvalue weighted by atomic mass is 32.1. The molecule has 1 aromatic heterocycles. The van der Waals surface area contributed by atoms with Crippen molar-refractivity contribution in [2.24, 2.45) is 4.99 Å². The third-order valence-electron chi connectivity index (χ3n) is 3.50. The van der Waals surface area contributed by atoms with Gasteiger partial charge in [-0.25, -0.2) is 9.78 Å². The molecule has 1 unspecified atom stereocenters. The lowest BCUT2D eigenvalue weighted by molar-refractivity contribution is 0.0502. The fourth-order valence-corrected chi connectivity index (χ4v) is 3.05. The molecular weight excluding hydrogens is 350 g/mol. The van der Waals surface area contributed by atoms with Crippen LogP contribution in [0.4, 0.5) is 4.79 Å². The lowest BCUT2D eigenvalue weighted by atomic mass is 10.1. The van der Waals surface area contributed by atoms with Crippen molar-refractivity contribution in [1.82, 2.24) is 20.5 Å². The normalized spacial score (nSPS) is 13.3. The van der Waals surface area contributed by atoms with Crippen molar-refractivity contribution in [3.05, 3.63) is 16.1 Å². The van der Waals surface area contributed by atoms with Gasteiger partial charge in [0.25, 0.3) is 0 Å². The van der Waals surface area contributed by atoms with Gasteiger partial charge in [0.05, 0.1) is 17.2 Å². The molecule has 0 aromatic carbocycles. The van der Waals surface area contributed by atoms with E-state index < -0.39 is 5.60 Å². The van der Waals surface area contributed by atoms with Crippen molar-refractivity contribution in [1.29, 1.82) is 0 Å². The van der Waals surface area contributed by atoms with Crippen LogP contribution in [-0.2, 0) is 11.3 Å². The standard InChI is InChI=1S/C18H33N5O2S/c1-8-9-14(22-17(24)25-18(3,4)5)10-20-16(19-6)23(7)11-15-12-26-13(2)21-15/h12,14H,8-11H2,1-7H3,(H,19,20)(H,22,24). The van der Waals surface area contributed by atoms with E-state index in [1.54, 1.807) is 18.4 Å². The number of aryl methyl sites for hydroxylation is 1. The van der Waals surface area contributed by atoms with E-state index in [9.17, 15) is 4.79 Å². The zero-order valence-electron chi connectivity index (χ0n) is 17.0. The molecule has 7 nitrogen and oxygen atoms in total. The number of hydrogen-bond acceptors (Lipinski definition) is 5. The first kappa shape index (κ1) is 22.2. The molecule has 0 aliphatic carbocycles. The van der Waals surface area contributed by atoms with Gasteiger partial charge in [-0.2, -0.15) is 0 Å². The molecule has 0 aliphatic rings. The van der Waals surface area contributed by atoms with E-state index in [2.05, 4.69) is 32.9 Å². The molecule has 0 aliphatic heterocycles. The number of aliphatic imine (C=N–C) groups is 1. The maximum Gasteiger partial charge on any atom is 0.407 e. The number of carbonyl (C=O) groups is 1. The maximum atomic E-state index is 12.0. The summed E-state index contributed by atoms with van der Waals surface area (Å²) in [5.41, 5.74) is 0.519. The van der Waals surface area contributed by atoms with Crippen LogP contribution in [-0.4, -0.2) is 54.2 Å². The summed E-state index contributed by atoms with van der Waals surface area (Å²) in [7, 11) is 3.72. The number of nitrogens with one attached hydrogen (secondary N) is 2. The molecule has 0 bridgehead atoms. The van der Waals surface area contributed by atoms with Gasteiger partial charge < -0.3 is 20.3 Å². The zero-order valence-corrected chi connectivity index (χ0v) is 17.9. The van der Waals surface area contributed by atoms with Crippen LogP contribution in [0.15, 0.2) is 10.4 Å². The molecule has 2 N–H and O–H groups in total. The van der Waals surface area contributed by atoms with Crippen LogP contribution in [0.3, 0.4) is 0 Å². The summed E-state index contributed by atoms with van der Waals surface area (Å²) in [4.78, 5) is 22.9. The van der Waals surface area contributed by atoms with Gasteiger partial charge in [-0.1, -0.05) is 13.3 Å². The number of alkyl carbamates (subject to hydrolysis) is 1. The fraction of sp³-hybridized carbons (Fsp3) is 0.722. The molecule has 0 radical (unpaired) electrons. The van der Waals surface area contributed by atoms with E-state index in [4.69, 9.17) is 4.74 Å². The van der Waals surface area contributed by atoms with Crippen molar-refractivity contribution < 1.29 is 9.53 Å². The lowest BCUT2D eigenvalue weighted by Gasteiger charge is -2.26. The van der Waals surface area contributed by atoms with Crippen LogP contribution in [0.1, 0.15) is 51.2 Å². The van der Waals surface area contributed by atoms with Gasteiger partial charge >= 0.3 is 6.09 Å². The number of nitrogens with zero attached hydrogens (tertiary/aromatic N) is 3. The molecule has 1 rings (SSSR count). The second-order valence-corrected chi connectivity index (χ2v) is 8.34. The number of guanidine groups is 1. The molecule has 1 heterocycles. The molecule has 1 amide bonds. The molecule has 148 valence electrons. The molecule has 0 saturated heterocycles. The predicted octanol–water partition coefficient (Wildman–Crippen LogP) is 3.15. The third-order valence-corrected chi connectivity index (χ3v) is 4.33. The van der Waals surface area contributed by atoms with E-state index in [1.807, 2.05) is 39.6 Å². The number of hydrogen-bond donors (Lipinski definition) is 2. The number of thiazole rings is 1. The largest absolute Gasteiger partial charge is 0.444 e. The van der Waals surface area contributed by atoms with Crippen LogP contribution in [0, 0.1) is 6.92 Å². The Balaban J connectivity index is 2.57. The highest BCUT2D eigenvalue weighted by Gasteiger charge is 2.19. The Labute approximate surface area is 161 Å². The highest BCUT2D eigenvalue weighted by Crippen LogP contribution is 2.10. The highest BCUT2D eigenvalue weighted by molar-refractivity contribution is 7.09. The van der Waals surface area contributed by atoms with E-state index in [0.717, 1.165) is 29.5 Å². The first-order valence-corrected chi connectivity index (χ1v) is 9.84. The number of aromatic nitrogens is 1. The van der Waals surface area contributed by atoms with Gasteiger partial charge in [0.2, 0.25) is 0 Å². The van der Waals surface area contributed by atoms with Crippen molar-refractivity contribution in [2.45, 2.75) is 65.6 Å². The van der Waals surface area contributed by atoms with Gasteiger partial charge in [0, 0.05) is 32.1 Å². The summed E-state index contributed by atoms with van der Waals surface area (Å²) >= 11 is 1.64. The van der Waals surface area contributed by atoms with Crippen LogP contribution in [0.5, 0.6) is 0 Å². The first-order chi connectivity index (χ1) is 12.1. The van der Waals surface area contributed by atoms with Gasteiger partial charge in [-0.3, -0.25) is 4.99 Å². The molecule has 1 atom stereocenters. The molecule has 8 heteroatoms. The summed E-state index contributed by atoms with van der Waals surface area (Å²) < 4.78 is 5.35. The van der Waals surface area contributed by atoms with Crippen molar-refractivity contribution in [3.8, 4) is 0 Å². The zero-order chi connectivity index (χ0) is 19.7. The van der Waals surface area contributed by atoms with Crippen LogP contribution in [0.25, 0.3) is 0 Å². The van der Waals surface area contributed by atoms with E-state index in [-0.39, 0.29) is 12.1 Å². The molecular formula is C18H33N5O2S. The lowest BCUT2D eigenvalue weighted by Crippen LogP contribution is -2.48. The molecule has 0 spiro atoms. The molecule has 1 aromatic rings. The Kier molecular flexibility index (Phi) is 8.84. The van der Waals surface area contributed by atoms with E-state index in [0.29, 0.717) is 13.1 Å². The average Bonchev–Trinajstić information content (AvgIpc) is 2.91. The summed E-state index contributed by atoms with van der Waals surface area (Å²) in [6.45, 7) is 10.9. The number of rotatable bonds is 7. The van der Waals surface area contributed by atoms with Crippen LogP contribution < -0.4 is 10.6 Å². The Hall–Kier alpha value is -1.83. The minimum atomic E-state index is -0.504. The topological polar surface area (TPSA) is 78.9 Å². The second-order valence-electron chi connectivity index (χ2n) is 7.27. The Morgan fingerprint density at radius 3 is 2.65 bits per heavy atom. The quantitative estimate of drug-likeness (QED) is 0.558. The van der Waals surface area contributed by atoms with Gasteiger partial charge in [0.15, 0.2) is 5.96 Å². The second kappa shape index (κ2) is 10.4. The van der Waals surface area contributed by atoms with Crippen LogP contribution in [0.2, 0.25) is 0 Å².